The predicted octanol–water partition coefficient (Wildman–Crippen LogP) is 3.71. The van der Waals surface area contributed by atoms with E-state index in [1.54, 1.807) is 11.3 Å². The van der Waals surface area contributed by atoms with Gasteiger partial charge in [0.25, 0.3) is 0 Å². The SMILES string of the molecule is C[C@H](Cc1ccsc1)NCc1ccc(Cn2ccnc2)cc1. The molecule has 0 aliphatic heterocycles. The highest BCUT2D eigenvalue weighted by atomic mass is 32.1. The second-order valence-corrected chi connectivity index (χ2v) is 6.45. The van der Waals surface area contributed by atoms with Gasteiger partial charge in [-0.05, 0) is 46.9 Å². The molecule has 0 bridgehead atoms. The van der Waals surface area contributed by atoms with Gasteiger partial charge in [-0.1, -0.05) is 24.3 Å². The Balaban J connectivity index is 1.48. The molecule has 0 aliphatic rings. The van der Waals surface area contributed by atoms with Crippen LogP contribution < -0.4 is 5.32 Å². The molecule has 4 heteroatoms. The summed E-state index contributed by atoms with van der Waals surface area (Å²) in [6, 6.07) is 11.5. The Bertz CT molecular complexity index is 657. The number of imidazole rings is 1. The zero-order valence-electron chi connectivity index (χ0n) is 12.8. The van der Waals surface area contributed by atoms with E-state index in [-0.39, 0.29) is 0 Å². The lowest BCUT2D eigenvalue weighted by Gasteiger charge is -2.13. The third-order valence-corrected chi connectivity index (χ3v) is 4.46. The second kappa shape index (κ2) is 7.38. The molecule has 1 N–H and O–H groups in total. The Morgan fingerprint density at radius 1 is 1.14 bits per heavy atom. The minimum Gasteiger partial charge on any atom is -0.333 e. The minimum atomic E-state index is 0.486. The molecule has 114 valence electrons. The molecule has 0 unspecified atom stereocenters. The summed E-state index contributed by atoms with van der Waals surface area (Å²) in [5.74, 6) is 0. The van der Waals surface area contributed by atoms with Crippen molar-refractivity contribution in [3.63, 3.8) is 0 Å². The molecule has 3 aromatic rings. The van der Waals surface area contributed by atoms with Gasteiger partial charge < -0.3 is 9.88 Å². The first kappa shape index (κ1) is 15.0. The fourth-order valence-electron chi connectivity index (χ4n) is 2.48. The standard InChI is InChI=1S/C18H21N3S/c1-15(10-18-6-9-22-13-18)20-11-16-2-4-17(5-3-16)12-21-8-7-19-14-21/h2-9,13-15,20H,10-12H2,1H3/t15-/m1/s1. The summed E-state index contributed by atoms with van der Waals surface area (Å²) in [5.41, 5.74) is 4.04. The van der Waals surface area contributed by atoms with Crippen molar-refractivity contribution < 1.29 is 0 Å². The highest BCUT2D eigenvalue weighted by molar-refractivity contribution is 7.07. The van der Waals surface area contributed by atoms with E-state index in [1.807, 2.05) is 18.7 Å². The number of hydrogen-bond acceptors (Lipinski definition) is 3. The van der Waals surface area contributed by atoms with Crippen LogP contribution in [0.2, 0.25) is 0 Å². The van der Waals surface area contributed by atoms with E-state index in [9.17, 15) is 0 Å². The fourth-order valence-corrected chi connectivity index (χ4v) is 3.16. The first-order valence-electron chi connectivity index (χ1n) is 7.57. The first-order chi connectivity index (χ1) is 10.8. The maximum atomic E-state index is 4.07. The van der Waals surface area contributed by atoms with Crippen LogP contribution in [0.1, 0.15) is 23.6 Å². The van der Waals surface area contributed by atoms with Gasteiger partial charge in [-0.15, -0.1) is 0 Å². The molecule has 0 amide bonds. The molecule has 22 heavy (non-hydrogen) atoms. The van der Waals surface area contributed by atoms with Gasteiger partial charge in [0.1, 0.15) is 0 Å². The van der Waals surface area contributed by atoms with Gasteiger partial charge in [-0.25, -0.2) is 4.98 Å². The number of aromatic nitrogens is 2. The maximum Gasteiger partial charge on any atom is 0.0949 e. The van der Waals surface area contributed by atoms with Crippen molar-refractivity contribution in [1.82, 2.24) is 14.9 Å². The number of nitrogens with one attached hydrogen (secondary N) is 1. The van der Waals surface area contributed by atoms with Crippen LogP contribution in [-0.2, 0) is 19.5 Å². The van der Waals surface area contributed by atoms with Crippen LogP contribution in [0.15, 0.2) is 59.8 Å². The van der Waals surface area contributed by atoms with Gasteiger partial charge in [0.05, 0.1) is 6.33 Å². The average molecular weight is 311 g/mol. The molecule has 3 nitrogen and oxygen atoms in total. The van der Waals surface area contributed by atoms with Crippen molar-refractivity contribution in [3.05, 3.63) is 76.5 Å². The summed E-state index contributed by atoms with van der Waals surface area (Å²) < 4.78 is 2.08. The second-order valence-electron chi connectivity index (χ2n) is 5.67. The summed E-state index contributed by atoms with van der Waals surface area (Å²) in [6.45, 7) is 4.03. The molecule has 2 heterocycles. The number of hydrogen-bond donors (Lipinski definition) is 1. The molecule has 2 aromatic heterocycles. The van der Waals surface area contributed by atoms with E-state index in [2.05, 4.69) is 62.9 Å². The largest absolute Gasteiger partial charge is 0.333 e. The quantitative estimate of drug-likeness (QED) is 0.721. The lowest BCUT2D eigenvalue weighted by atomic mass is 10.1. The molecule has 0 saturated heterocycles. The van der Waals surface area contributed by atoms with Crippen LogP contribution in [0, 0.1) is 0 Å². The van der Waals surface area contributed by atoms with E-state index in [0.717, 1.165) is 19.5 Å². The lowest BCUT2D eigenvalue weighted by molar-refractivity contribution is 0.546. The third kappa shape index (κ3) is 4.29. The molecule has 1 aromatic carbocycles. The van der Waals surface area contributed by atoms with E-state index < -0.39 is 0 Å². The van der Waals surface area contributed by atoms with Crippen molar-refractivity contribution in [2.45, 2.75) is 32.5 Å². The maximum absolute atomic E-state index is 4.07. The zero-order valence-corrected chi connectivity index (χ0v) is 13.6. The predicted molar refractivity (Wildman–Crippen MR) is 92.1 cm³/mol. The number of nitrogens with zero attached hydrogens (tertiary/aromatic N) is 2. The minimum absolute atomic E-state index is 0.486. The van der Waals surface area contributed by atoms with Crippen molar-refractivity contribution in [2.75, 3.05) is 0 Å². The monoisotopic (exact) mass is 311 g/mol. The normalized spacial score (nSPS) is 12.4. The fraction of sp³-hybridized carbons (Fsp3) is 0.278. The highest BCUT2D eigenvalue weighted by Gasteiger charge is 2.04. The van der Waals surface area contributed by atoms with E-state index >= 15 is 0 Å². The van der Waals surface area contributed by atoms with Crippen LogP contribution >= 0.6 is 11.3 Å². The summed E-state index contributed by atoms with van der Waals surface area (Å²) in [5, 5.41) is 7.96. The Labute approximate surface area is 135 Å². The van der Waals surface area contributed by atoms with Crippen LogP contribution in [0.4, 0.5) is 0 Å². The molecule has 0 aliphatic carbocycles. The summed E-state index contributed by atoms with van der Waals surface area (Å²) >= 11 is 1.76. The van der Waals surface area contributed by atoms with E-state index in [4.69, 9.17) is 0 Å². The van der Waals surface area contributed by atoms with Crippen molar-refractivity contribution in [2.24, 2.45) is 0 Å². The Hall–Kier alpha value is -1.91. The Kier molecular flexibility index (Phi) is 5.03. The lowest BCUT2D eigenvalue weighted by Crippen LogP contribution is -2.27. The van der Waals surface area contributed by atoms with Crippen LogP contribution in [0.3, 0.4) is 0 Å². The smallest absolute Gasteiger partial charge is 0.0949 e. The average Bonchev–Trinajstić information content (AvgIpc) is 3.20. The van der Waals surface area contributed by atoms with Crippen LogP contribution in [0.25, 0.3) is 0 Å². The van der Waals surface area contributed by atoms with Crippen molar-refractivity contribution >= 4 is 11.3 Å². The zero-order chi connectivity index (χ0) is 15.2. The Morgan fingerprint density at radius 3 is 2.64 bits per heavy atom. The number of thiophene rings is 1. The van der Waals surface area contributed by atoms with Crippen LogP contribution in [-0.4, -0.2) is 15.6 Å². The van der Waals surface area contributed by atoms with Gasteiger partial charge in [-0.2, -0.15) is 11.3 Å². The van der Waals surface area contributed by atoms with Gasteiger partial charge in [0, 0.05) is 31.5 Å². The molecule has 1 atom stereocenters. The van der Waals surface area contributed by atoms with Gasteiger partial charge in [0.2, 0.25) is 0 Å². The summed E-state index contributed by atoms with van der Waals surface area (Å²) in [7, 11) is 0. The van der Waals surface area contributed by atoms with Crippen molar-refractivity contribution in [1.29, 1.82) is 0 Å². The highest BCUT2D eigenvalue weighted by Crippen LogP contribution is 2.10. The number of benzene rings is 1. The van der Waals surface area contributed by atoms with E-state index in [1.165, 1.54) is 16.7 Å². The molecule has 0 spiro atoms. The Morgan fingerprint density at radius 2 is 1.95 bits per heavy atom. The van der Waals surface area contributed by atoms with Crippen molar-refractivity contribution in [3.8, 4) is 0 Å². The molecule has 3 rings (SSSR count). The number of rotatable bonds is 7. The molecular weight excluding hydrogens is 290 g/mol. The molecule has 0 radical (unpaired) electrons. The first-order valence-corrected chi connectivity index (χ1v) is 8.52. The molecule has 0 fully saturated rings. The van der Waals surface area contributed by atoms with Gasteiger partial charge in [-0.3, -0.25) is 0 Å². The van der Waals surface area contributed by atoms with Gasteiger partial charge in [0.15, 0.2) is 0 Å². The summed E-state index contributed by atoms with van der Waals surface area (Å²) in [4.78, 5) is 4.07. The molecule has 0 saturated carbocycles. The van der Waals surface area contributed by atoms with E-state index in [0.29, 0.717) is 6.04 Å². The topological polar surface area (TPSA) is 29.9 Å². The summed E-state index contributed by atoms with van der Waals surface area (Å²) in [6.07, 6.45) is 6.73. The van der Waals surface area contributed by atoms with Gasteiger partial charge >= 0.3 is 0 Å². The molecular formula is C18H21N3S. The third-order valence-electron chi connectivity index (χ3n) is 3.72. The van der Waals surface area contributed by atoms with Crippen LogP contribution in [0.5, 0.6) is 0 Å².